The van der Waals surface area contributed by atoms with Crippen molar-refractivity contribution in [2.75, 3.05) is 13.4 Å². The van der Waals surface area contributed by atoms with E-state index in [2.05, 4.69) is 0 Å². The number of hydrogen-bond acceptors (Lipinski definition) is 5. The van der Waals surface area contributed by atoms with Crippen LogP contribution in [0.25, 0.3) is 22.6 Å². The Morgan fingerprint density at radius 3 is 2.35 bits per heavy atom. The lowest BCUT2D eigenvalue weighted by atomic mass is 10.0. The van der Waals surface area contributed by atoms with E-state index in [4.69, 9.17) is 25.7 Å². The number of oxazole rings is 1. The van der Waals surface area contributed by atoms with Crippen molar-refractivity contribution in [1.82, 2.24) is 4.98 Å². The van der Waals surface area contributed by atoms with Crippen LogP contribution in [0.4, 0.5) is 0 Å². The quantitative estimate of drug-likeness (QED) is 0.376. The Balaban J connectivity index is 1.84. The van der Waals surface area contributed by atoms with E-state index < -0.39 is 9.84 Å². The summed E-state index contributed by atoms with van der Waals surface area (Å²) in [4.78, 5) is 5.00. The number of rotatable bonds is 6. The van der Waals surface area contributed by atoms with E-state index in [1.807, 2.05) is 36.4 Å². The first-order valence-corrected chi connectivity index (χ1v) is 11.8. The van der Waals surface area contributed by atoms with Crippen molar-refractivity contribution in [1.29, 1.82) is 0 Å². The molecule has 0 spiro atoms. The molecule has 0 aliphatic rings. The van der Waals surface area contributed by atoms with Crippen molar-refractivity contribution in [3.63, 3.8) is 0 Å². The van der Waals surface area contributed by atoms with E-state index in [0.29, 0.717) is 40.1 Å². The fraction of sp³-hybridized carbons (Fsp3) is 0.125. The maximum absolute atomic E-state index is 11.8. The SMILES string of the molecule is COc1cc(Cl)ccc1-c1nc(Cc2ccccc2)oc1-c1ccc(S(C)(=O)=O)cc1. The molecule has 0 saturated heterocycles. The number of hydrogen-bond donors (Lipinski definition) is 0. The summed E-state index contributed by atoms with van der Waals surface area (Å²) in [7, 11) is -1.73. The van der Waals surface area contributed by atoms with Crippen molar-refractivity contribution in [3.8, 4) is 28.3 Å². The molecule has 0 N–H and O–H groups in total. The highest BCUT2D eigenvalue weighted by atomic mass is 35.5. The van der Waals surface area contributed by atoms with E-state index in [1.54, 1.807) is 43.5 Å². The van der Waals surface area contributed by atoms with Crippen molar-refractivity contribution in [2.24, 2.45) is 0 Å². The third kappa shape index (κ3) is 4.65. The van der Waals surface area contributed by atoms with E-state index in [0.717, 1.165) is 11.1 Å². The molecule has 0 saturated carbocycles. The van der Waals surface area contributed by atoms with Gasteiger partial charge < -0.3 is 9.15 Å². The molecular weight excluding hydrogens is 434 g/mol. The van der Waals surface area contributed by atoms with Crippen molar-refractivity contribution in [2.45, 2.75) is 11.3 Å². The van der Waals surface area contributed by atoms with Gasteiger partial charge in [0.05, 0.1) is 12.0 Å². The van der Waals surface area contributed by atoms with Crippen LogP contribution in [-0.4, -0.2) is 26.8 Å². The Morgan fingerprint density at radius 2 is 1.71 bits per heavy atom. The second-order valence-corrected chi connectivity index (χ2v) is 9.54. The van der Waals surface area contributed by atoms with Gasteiger partial charge in [0, 0.05) is 28.8 Å². The first kappa shape index (κ1) is 21.2. The third-order valence-electron chi connectivity index (χ3n) is 4.83. The van der Waals surface area contributed by atoms with E-state index in [1.165, 1.54) is 6.26 Å². The van der Waals surface area contributed by atoms with Crippen LogP contribution in [0.5, 0.6) is 5.75 Å². The van der Waals surface area contributed by atoms with Crippen LogP contribution in [0.1, 0.15) is 11.5 Å². The molecule has 0 radical (unpaired) electrons. The molecule has 0 amide bonds. The summed E-state index contributed by atoms with van der Waals surface area (Å²) in [5.41, 5.74) is 3.12. The van der Waals surface area contributed by atoms with Gasteiger partial charge in [-0.15, -0.1) is 0 Å². The van der Waals surface area contributed by atoms with Gasteiger partial charge in [0.15, 0.2) is 21.5 Å². The first-order valence-electron chi connectivity index (χ1n) is 9.53. The zero-order valence-electron chi connectivity index (χ0n) is 17.0. The van der Waals surface area contributed by atoms with Crippen molar-refractivity contribution >= 4 is 21.4 Å². The maximum Gasteiger partial charge on any atom is 0.199 e. The van der Waals surface area contributed by atoms with Gasteiger partial charge in [0.25, 0.3) is 0 Å². The van der Waals surface area contributed by atoms with Gasteiger partial charge in [-0.2, -0.15) is 0 Å². The number of ether oxygens (including phenoxy) is 1. The first-order chi connectivity index (χ1) is 14.8. The molecule has 31 heavy (non-hydrogen) atoms. The van der Waals surface area contributed by atoms with E-state index in [9.17, 15) is 8.42 Å². The summed E-state index contributed by atoms with van der Waals surface area (Å²) in [6.07, 6.45) is 1.70. The summed E-state index contributed by atoms with van der Waals surface area (Å²) in [6.45, 7) is 0. The minimum Gasteiger partial charge on any atom is -0.496 e. The van der Waals surface area contributed by atoms with E-state index >= 15 is 0 Å². The molecule has 0 unspecified atom stereocenters. The van der Waals surface area contributed by atoms with Crippen LogP contribution in [0.3, 0.4) is 0 Å². The molecule has 5 nitrogen and oxygen atoms in total. The number of methoxy groups -OCH3 is 1. The molecule has 1 heterocycles. The molecule has 3 aromatic carbocycles. The lowest BCUT2D eigenvalue weighted by molar-refractivity contribution is 0.416. The summed E-state index contributed by atoms with van der Waals surface area (Å²) >= 11 is 6.13. The predicted octanol–water partition coefficient (Wildman–Crippen LogP) is 5.66. The fourth-order valence-corrected chi connectivity index (χ4v) is 4.10. The number of aromatic nitrogens is 1. The van der Waals surface area contributed by atoms with Gasteiger partial charge in [-0.25, -0.2) is 13.4 Å². The van der Waals surface area contributed by atoms with Crippen LogP contribution >= 0.6 is 11.6 Å². The van der Waals surface area contributed by atoms with Gasteiger partial charge in [-0.05, 0) is 48.0 Å². The van der Waals surface area contributed by atoms with Crippen LogP contribution in [0.15, 0.2) is 82.1 Å². The zero-order valence-corrected chi connectivity index (χ0v) is 18.6. The summed E-state index contributed by atoms with van der Waals surface area (Å²) < 4.78 is 35.3. The smallest absolute Gasteiger partial charge is 0.199 e. The topological polar surface area (TPSA) is 69.4 Å². The second-order valence-electron chi connectivity index (χ2n) is 7.09. The second kappa shape index (κ2) is 8.57. The monoisotopic (exact) mass is 453 g/mol. The average Bonchev–Trinajstić information content (AvgIpc) is 3.17. The third-order valence-corrected chi connectivity index (χ3v) is 6.20. The van der Waals surface area contributed by atoms with Crippen molar-refractivity contribution < 1.29 is 17.6 Å². The van der Waals surface area contributed by atoms with Crippen LogP contribution in [0, 0.1) is 0 Å². The zero-order chi connectivity index (χ0) is 22.0. The Labute approximate surface area is 186 Å². The number of halogens is 1. The molecule has 4 aromatic rings. The Morgan fingerprint density at radius 1 is 1.00 bits per heavy atom. The Bertz CT molecular complexity index is 1310. The minimum absolute atomic E-state index is 0.242. The molecule has 7 heteroatoms. The fourth-order valence-electron chi connectivity index (χ4n) is 3.30. The van der Waals surface area contributed by atoms with Gasteiger partial charge in [0.1, 0.15) is 11.4 Å². The van der Waals surface area contributed by atoms with Gasteiger partial charge in [-0.3, -0.25) is 0 Å². The number of nitrogens with zero attached hydrogens (tertiary/aromatic N) is 1. The summed E-state index contributed by atoms with van der Waals surface area (Å²) in [5.74, 6) is 1.65. The number of benzene rings is 3. The molecule has 0 aliphatic carbocycles. The highest BCUT2D eigenvalue weighted by Gasteiger charge is 2.21. The molecule has 4 rings (SSSR count). The van der Waals surface area contributed by atoms with Crippen LogP contribution in [0.2, 0.25) is 5.02 Å². The molecule has 0 fully saturated rings. The summed E-state index contributed by atoms with van der Waals surface area (Å²) in [6, 6.07) is 21.8. The maximum atomic E-state index is 11.8. The molecular formula is C24H20ClNO4S. The molecule has 0 aliphatic heterocycles. The normalized spacial score (nSPS) is 11.5. The molecule has 0 bridgehead atoms. The lowest BCUT2D eigenvalue weighted by Crippen LogP contribution is -1.96. The highest BCUT2D eigenvalue weighted by Crippen LogP contribution is 2.39. The standard InChI is InChI=1S/C24H20ClNO4S/c1-29-21-15-18(25)10-13-20(21)23-24(17-8-11-19(12-9-17)31(2,27)28)30-22(26-23)14-16-6-4-3-5-7-16/h3-13,15H,14H2,1-2H3. The van der Waals surface area contributed by atoms with Crippen LogP contribution < -0.4 is 4.74 Å². The van der Waals surface area contributed by atoms with E-state index in [-0.39, 0.29) is 4.90 Å². The largest absolute Gasteiger partial charge is 0.496 e. The van der Waals surface area contributed by atoms with Gasteiger partial charge in [0.2, 0.25) is 0 Å². The molecule has 158 valence electrons. The summed E-state index contributed by atoms with van der Waals surface area (Å²) in [5, 5.41) is 0.549. The van der Waals surface area contributed by atoms with Crippen LogP contribution in [-0.2, 0) is 16.3 Å². The Kier molecular flexibility index (Phi) is 5.85. The Hall–Kier alpha value is -3.09. The van der Waals surface area contributed by atoms with Gasteiger partial charge in [-0.1, -0.05) is 41.9 Å². The lowest BCUT2D eigenvalue weighted by Gasteiger charge is -2.08. The average molecular weight is 454 g/mol. The number of sulfone groups is 1. The highest BCUT2D eigenvalue weighted by molar-refractivity contribution is 7.90. The minimum atomic E-state index is -3.30. The van der Waals surface area contributed by atoms with Crippen molar-refractivity contribution in [3.05, 3.63) is 89.3 Å². The molecule has 0 atom stereocenters. The molecule has 1 aromatic heterocycles. The van der Waals surface area contributed by atoms with Gasteiger partial charge >= 0.3 is 0 Å². The predicted molar refractivity (Wildman–Crippen MR) is 121 cm³/mol.